The van der Waals surface area contributed by atoms with Gasteiger partial charge in [0.1, 0.15) is 36.9 Å². The maximum Gasteiger partial charge on any atom is 0.411 e. The molecule has 0 bridgehead atoms. The van der Waals surface area contributed by atoms with Crippen molar-refractivity contribution in [1.29, 1.82) is 0 Å². The summed E-state index contributed by atoms with van der Waals surface area (Å²) in [6, 6.07) is 2.10. The Morgan fingerprint density at radius 2 is 1.83 bits per heavy atom. The number of nitrogens with one attached hydrogen (secondary N) is 1. The van der Waals surface area contributed by atoms with Crippen LogP contribution in [0.2, 0.25) is 0 Å². The molecule has 3 heterocycles. The number of fused-ring (bicyclic) bond motifs is 1. The zero-order valence-electron chi connectivity index (χ0n) is 25.5. The Morgan fingerprint density at radius 3 is 2.50 bits per heavy atom. The fourth-order valence-corrected chi connectivity index (χ4v) is 5.53. The van der Waals surface area contributed by atoms with Gasteiger partial charge in [-0.3, -0.25) is 14.2 Å². The second-order valence-electron chi connectivity index (χ2n) is 10.9. The Bertz CT molecular complexity index is 1700. The van der Waals surface area contributed by atoms with Crippen LogP contribution >= 0.6 is 0 Å². The van der Waals surface area contributed by atoms with Crippen LogP contribution < -0.4 is 25.2 Å². The van der Waals surface area contributed by atoms with Crippen molar-refractivity contribution < 1.29 is 46.1 Å². The predicted octanol–water partition coefficient (Wildman–Crippen LogP) is 3.26. The Hall–Kier alpha value is -4.66. The molecule has 15 heteroatoms. The number of aryl methyl sites for hydroxylation is 2. The predicted molar refractivity (Wildman–Crippen MR) is 157 cm³/mol. The molecule has 5 rings (SSSR count). The van der Waals surface area contributed by atoms with E-state index in [9.17, 15) is 27.6 Å². The Labute approximate surface area is 261 Å². The first-order valence-corrected chi connectivity index (χ1v) is 14.4. The summed E-state index contributed by atoms with van der Waals surface area (Å²) >= 11 is 0. The molecule has 3 aromatic rings. The van der Waals surface area contributed by atoms with Gasteiger partial charge in [-0.05, 0) is 37.6 Å². The van der Waals surface area contributed by atoms with Crippen LogP contribution in [0.1, 0.15) is 27.3 Å². The number of esters is 1. The maximum absolute atomic E-state index is 15.4. The Morgan fingerprint density at radius 1 is 1.11 bits per heavy atom. The molecular weight excluding hydrogens is 616 g/mol. The number of benzene rings is 2. The van der Waals surface area contributed by atoms with Crippen LogP contribution in [0, 0.1) is 19.7 Å². The number of hydrogen-bond donors (Lipinski definition) is 1. The summed E-state index contributed by atoms with van der Waals surface area (Å²) in [5, 5.41) is 2.50. The first kappa shape index (κ1) is 32.7. The molecule has 1 saturated heterocycles. The number of carbonyl (C=O) groups excluding carboxylic acids is 2. The molecule has 0 unspecified atom stereocenters. The zero-order valence-corrected chi connectivity index (χ0v) is 25.5. The van der Waals surface area contributed by atoms with E-state index in [1.807, 2.05) is 0 Å². The molecule has 1 aromatic heterocycles. The molecule has 0 spiro atoms. The molecule has 0 saturated carbocycles. The standard InChI is InChI=1S/C31H32F4N4O7/c1-16-11-19(39-7-8-44-15-24(39)31(33,34)35)13-22(32)25(16)28(40)37-23(30(42)43-4)12-18-5-6-20(27-26(18)45-9-10-46-27)21-14-36-17(2)38(3)29(21)41/h5-6,11,13-14,23-24H,7-10,12,15H2,1-4H3,(H,37,40)/t23-,24+/m0/s1. The molecule has 2 atom stereocenters. The number of hydrogen-bond acceptors (Lipinski definition) is 9. The lowest BCUT2D eigenvalue weighted by molar-refractivity contribution is -0.167. The average Bonchev–Trinajstić information content (AvgIpc) is 3.02. The van der Waals surface area contributed by atoms with Crippen LogP contribution in [-0.4, -0.2) is 79.8 Å². The van der Waals surface area contributed by atoms with E-state index in [4.69, 9.17) is 18.9 Å². The van der Waals surface area contributed by atoms with Crippen molar-refractivity contribution in [3.8, 4) is 22.6 Å². The number of morpholine rings is 1. The normalized spacial score (nSPS) is 17.0. The number of alkyl halides is 3. The van der Waals surface area contributed by atoms with Crippen LogP contribution in [0.15, 0.2) is 35.3 Å². The van der Waals surface area contributed by atoms with Gasteiger partial charge in [-0.25, -0.2) is 14.2 Å². The first-order valence-electron chi connectivity index (χ1n) is 14.4. The van der Waals surface area contributed by atoms with Gasteiger partial charge >= 0.3 is 12.1 Å². The number of nitrogens with zero attached hydrogens (tertiary/aromatic N) is 3. The summed E-state index contributed by atoms with van der Waals surface area (Å²) in [6.45, 7) is 2.76. The minimum atomic E-state index is -4.62. The van der Waals surface area contributed by atoms with Gasteiger partial charge in [-0.1, -0.05) is 6.07 Å². The van der Waals surface area contributed by atoms with Gasteiger partial charge in [0.15, 0.2) is 11.5 Å². The van der Waals surface area contributed by atoms with E-state index in [0.29, 0.717) is 17.0 Å². The van der Waals surface area contributed by atoms with Crippen molar-refractivity contribution in [3.05, 3.63) is 69.1 Å². The lowest BCUT2D eigenvalue weighted by atomic mass is 9.98. The number of halogens is 4. The second kappa shape index (κ2) is 13.0. The summed E-state index contributed by atoms with van der Waals surface area (Å²) in [7, 11) is 2.72. The van der Waals surface area contributed by atoms with Gasteiger partial charge in [0, 0.05) is 43.0 Å². The molecule has 11 nitrogen and oxygen atoms in total. The minimum Gasteiger partial charge on any atom is -0.486 e. The number of rotatable bonds is 7. The highest BCUT2D eigenvalue weighted by molar-refractivity contribution is 5.98. The molecule has 2 aliphatic rings. The maximum atomic E-state index is 15.4. The highest BCUT2D eigenvalue weighted by Crippen LogP contribution is 2.42. The van der Waals surface area contributed by atoms with Gasteiger partial charge in [0.2, 0.25) is 0 Å². The van der Waals surface area contributed by atoms with Crippen LogP contribution in [-0.2, 0) is 27.7 Å². The third kappa shape index (κ3) is 6.36. The van der Waals surface area contributed by atoms with Crippen LogP contribution in [0.3, 0.4) is 0 Å². The van der Waals surface area contributed by atoms with Crippen molar-refractivity contribution in [1.82, 2.24) is 14.9 Å². The highest BCUT2D eigenvalue weighted by Gasteiger charge is 2.45. The topological polar surface area (TPSA) is 121 Å². The van der Waals surface area contributed by atoms with Crippen molar-refractivity contribution in [2.24, 2.45) is 7.05 Å². The monoisotopic (exact) mass is 648 g/mol. The van der Waals surface area contributed by atoms with Crippen LogP contribution in [0.25, 0.3) is 11.1 Å². The van der Waals surface area contributed by atoms with Crippen molar-refractivity contribution in [3.63, 3.8) is 0 Å². The largest absolute Gasteiger partial charge is 0.486 e. The van der Waals surface area contributed by atoms with Gasteiger partial charge < -0.3 is 29.2 Å². The fourth-order valence-electron chi connectivity index (χ4n) is 5.53. The van der Waals surface area contributed by atoms with E-state index in [1.54, 1.807) is 26.1 Å². The summed E-state index contributed by atoms with van der Waals surface area (Å²) in [6.07, 6.45) is -3.34. The van der Waals surface area contributed by atoms with E-state index in [2.05, 4.69) is 10.3 Å². The Balaban J connectivity index is 1.44. The van der Waals surface area contributed by atoms with E-state index in [-0.39, 0.29) is 66.7 Å². The summed E-state index contributed by atoms with van der Waals surface area (Å²) in [4.78, 5) is 44.4. The first-order chi connectivity index (χ1) is 21.8. The molecule has 1 amide bonds. The third-order valence-corrected chi connectivity index (χ3v) is 8.01. The van der Waals surface area contributed by atoms with Crippen molar-refractivity contribution in [2.45, 2.75) is 38.5 Å². The second-order valence-corrected chi connectivity index (χ2v) is 10.9. The number of aromatic nitrogens is 2. The van der Waals surface area contributed by atoms with E-state index < -0.39 is 48.1 Å². The quantitative estimate of drug-likeness (QED) is 0.304. The minimum absolute atomic E-state index is 0.0221. The summed E-state index contributed by atoms with van der Waals surface area (Å²) < 4.78 is 79.3. The number of ether oxygens (including phenoxy) is 4. The molecule has 0 aliphatic carbocycles. The van der Waals surface area contributed by atoms with Crippen molar-refractivity contribution >= 4 is 17.6 Å². The van der Waals surface area contributed by atoms with Gasteiger partial charge in [-0.15, -0.1) is 0 Å². The smallest absolute Gasteiger partial charge is 0.411 e. The number of amides is 1. The SMILES string of the molecule is COC(=O)[C@H](Cc1ccc(-c2cnc(C)n(C)c2=O)c2c1OCCO2)NC(=O)c1c(C)cc(N2CCOC[C@@H]2C(F)(F)F)cc1F. The molecule has 1 fully saturated rings. The molecule has 46 heavy (non-hydrogen) atoms. The highest BCUT2D eigenvalue weighted by atomic mass is 19.4. The van der Waals surface area contributed by atoms with E-state index >= 15 is 4.39 Å². The summed E-state index contributed by atoms with van der Waals surface area (Å²) in [5.41, 5.74) is 0.406. The van der Waals surface area contributed by atoms with Gasteiger partial charge in [0.25, 0.3) is 11.5 Å². The van der Waals surface area contributed by atoms with E-state index in [0.717, 1.165) is 18.1 Å². The zero-order chi connectivity index (χ0) is 33.3. The Kier molecular flexibility index (Phi) is 9.24. The molecule has 1 N–H and O–H groups in total. The molecular formula is C31H32F4N4O7. The third-order valence-electron chi connectivity index (χ3n) is 8.01. The molecule has 2 aromatic carbocycles. The lowest BCUT2D eigenvalue weighted by Gasteiger charge is -2.38. The van der Waals surface area contributed by atoms with Crippen molar-refractivity contribution in [2.75, 3.05) is 45.0 Å². The molecule has 246 valence electrons. The number of methoxy groups -OCH3 is 1. The van der Waals surface area contributed by atoms with Crippen LogP contribution in [0.5, 0.6) is 11.5 Å². The lowest BCUT2D eigenvalue weighted by Crippen LogP contribution is -2.53. The average molecular weight is 649 g/mol. The van der Waals surface area contributed by atoms with Gasteiger partial charge in [0.05, 0.1) is 31.5 Å². The summed E-state index contributed by atoms with van der Waals surface area (Å²) in [5.74, 6) is -1.83. The van der Waals surface area contributed by atoms with Crippen LogP contribution in [0.4, 0.5) is 23.2 Å². The fraction of sp³-hybridized carbons (Fsp3) is 0.419. The number of carbonyl (C=O) groups is 2. The molecule has 2 aliphatic heterocycles. The van der Waals surface area contributed by atoms with Gasteiger partial charge in [-0.2, -0.15) is 13.2 Å². The number of anilines is 1. The van der Waals surface area contributed by atoms with E-state index in [1.165, 1.54) is 23.8 Å². The molecule has 0 radical (unpaired) electrons.